The monoisotopic (exact) mass is 446 g/mol. The van der Waals surface area contributed by atoms with Gasteiger partial charge in [-0.15, -0.1) is 0 Å². The molecule has 33 heavy (non-hydrogen) atoms. The second-order valence-electron chi connectivity index (χ2n) is 8.81. The molecule has 3 aromatic heterocycles. The van der Waals surface area contributed by atoms with Crippen molar-refractivity contribution in [3.8, 4) is 0 Å². The average Bonchev–Trinajstić information content (AvgIpc) is 3.43. The second-order valence-corrected chi connectivity index (χ2v) is 8.81. The Morgan fingerprint density at radius 1 is 1.03 bits per heavy atom. The van der Waals surface area contributed by atoms with E-state index in [0.29, 0.717) is 30.8 Å². The molecule has 1 atom stereocenters. The maximum Gasteiger partial charge on any atom is 0.330 e. The number of nitrogens with one attached hydrogen (secondary N) is 1. The van der Waals surface area contributed by atoms with Gasteiger partial charge in [0.05, 0.1) is 13.1 Å². The Morgan fingerprint density at radius 3 is 2.64 bits per heavy atom. The van der Waals surface area contributed by atoms with Crippen LogP contribution in [0.1, 0.15) is 49.8 Å². The predicted molar refractivity (Wildman–Crippen MR) is 128 cm³/mol. The van der Waals surface area contributed by atoms with E-state index in [1.165, 1.54) is 5.69 Å². The number of hydrogen-bond donors (Lipinski definition) is 1. The third-order valence-corrected chi connectivity index (χ3v) is 6.70. The summed E-state index contributed by atoms with van der Waals surface area (Å²) in [6.45, 7) is 7.88. The Labute approximate surface area is 192 Å². The van der Waals surface area contributed by atoms with Gasteiger partial charge >= 0.3 is 5.69 Å². The molecule has 0 amide bonds. The minimum atomic E-state index is -0.424. The fourth-order valence-electron chi connectivity index (χ4n) is 4.83. The summed E-state index contributed by atoms with van der Waals surface area (Å²) in [5.41, 5.74) is 2.44. The van der Waals surface area contributed by atoms with Crippen LogP contribution in [0, 0.1) is 0 Å². The van der Waals surface area contributed by atoms with Gasteiger partial charge < -0.3 is 9.13 Å². The van der Waals surface area contributed by atoms with E-state index in [-0.39, 0.29) is 11.6 Å². The van der Waals surface area contributed by atoms with E-state index in [0.717, 1.165) is 37.3 Å². The van der Waals surface area contributed by atoms with Crippen molar-refractivity contribution in [3.05, 3.63) is 86.6 Å². The molecule has 1 aliphatic heterocycles. The summed E-state index contributed by atoms with van der Waals surface area (Å²) < 4.78 is 5.91. The Kier molecular flexibility index (Phi) is 5.76. The number of aryl methyl sites for hydroxylation is 1. The van der Waals surface area contributed by atoms with Crippen molar-refractivity contribution in [1.29, 1.82) is 0 Å². The molecule has 1 aromatic carbocycles. The number of nitrogens with zero attached hydrogens (tertiary/aromatic N) is 5. The molecular formula is C25H30N6O2. The summed E-state index contributed by atoms with van der Waals surface area (Å²) in [6, 6.07) is 14.3. The predicted octanol–water partition coefficient (Wildman–Crippen LogP) is 3.11. The van der Waals surface area contributed by atoms with Gasteiger partial charge in [0.15, 0.2) is 11.2 Å². The quantitative estimate of drug-likeness (QED) is 0.473. The normalized spacial score (nSPS) is 16.4. The van der Waals surface area contributed by atoms with E-state index in [9.17, 15) is 9.59 Å². The van der Waals surface area contributed by atoms with Crippen molar-refractivity contribution in [2.24, 2.45) is 0 Å². The highest BCUT2D eigenvalue weighted by Gasteiger charge is 2.26. The number of hydrogen-bond acceptors (Lipinski definition) is 4. The van der Waals surface area contributed by atoms with E-state index < -0.39 is 5.69 Å². The zero-order valence-electron chi connectivity index (χ0n) is 19.2. The number of H-pyrrole nitrogens is 1. The lowest BCUT2D eigenvalue weighted by molar-refractivity contribution is 0.155. The van der Waals surface area contributed by atoms with Crippen molar-refractivity contribution in [2.75, 3.05) is 6.54 Å². The maximum absolute atomic E-state index is 12.9. The molecule has 4 aromatic rings. The molecule has 0 aliphatic carbocycles. The lowest BCUT2D eigenvalue weighted by Crippen LogP contribution is -2.36. The third kappa shape index (κ3) is 3.95. The summed E-state index contributed by atoms with van der Waals surface area (Å²) in [6.07, 6.45) is 4.07. The SMILES string of the molecule is CCCCn1c(CN2CCn3cccc3[C@@H]2C)nc2c1c(=O)[nH]c(=O)n2Cc1ccccc1. The smallest absolute Gasteiger partial charge is 0.330 e. The molecular weight excluding hydrogens is 416 g/mol. The van der Waals surface area contributed by atoms with Gasteiger partial charge in [-0.05, 0) is 31.0 Å². The fourth-order valence-corrected chi connectivity index (χ4v) is 4.83. The standard InChI is InChI=1S/C25H30N6O2/c1-3-4-13-30-21(17-29-15-14-28-12-8-11-20(28)18(29)2)26-23-22(30)24(32)27-25(33)31(23)16-19-9-6-5-7-10-19/h5-12,18H,3-4,13-17H2,1-2H3,(H,27,32,33)/t18-/m0/s1. The van der Waals surface area contributed by atoms with Crippen LogP contribution >= 0.6 is 0 Å². The first-order valence-electron chi connectivity index (χ1n) is 11.7. The molecule has 1 aliphatic rings. The molecule has 1 N–H and O–H groups in total. The van der Waals surface area contributed by atoms with E-state index in [2.05, 4.69) is 46.6 Å². The van der Waals surface area contributed by atoms with Gasteiger partial charge in [0.25, 0.3) is 5.56 Å². The molecule has 5 rings (SSSR count). The van der Waals surface area contributed by atoms with Crippen LogP contribution in [-0.2, 0) is 26.2 Å². The molecule has 4 heterocycles. The third-order valence-electron chi connectivity index (χ3n) is 6.70. The second kappa shape index (κ2) is 8.86. The zero-order valence-corrected chi connectivity index (χ0v) is 19.2. The number of aromatic amines is 1. The van der Waals surface area contributed by atoms with Gasteiger partial charge in [0.1, 0.15) is 5.82 Å². The number of benzene rings is 1. The minimum Gasteiger partial charge on any atom is -0.349 e. The van der Waals surface area contributed by atoms with Gasteiger partial charge in [-0.2, -0.15) is 0 Å². The zero-order chi connectivity index (χ0) is 22.9. The summed E-state index contributed by atoms with van der Waals surface area (Å²) in [5, 5.41) is 0. The van der Waals surface area contributed by atoms with Crippen molar-refractivity contribution in [1.82, 2.24) is 28.6 Å². The lowest BCUT2D eigenvalue weighted by atomic mass is 10.1. The van der Waals surface area contributed by atoms with Gasteiger partial charge in [-0.1, -0.05) is 43.7 Å². The number of rotatable bonds is 7. The summed E-state index contributed by atoms with van der Waals surface area (Å²) >= 11 is 0. The van der Waals surface area contributed by atoms with Crippen LogP contribution in [0.15, 0.2) is 58.3 Å². The van der Waals surface area contributed by atoms with E-state index in [4.69, 9.17) is 4.98 Å². The molecule has 0 saturated heterocycles. The first-order valence-corrected chi connectivity index (χ1v) is 11.7. The number of aromatic nitrogens is 5. The van der Waals surface area contributed by atoms with Crippen molar-refractivity contribution >= 4 is 11.2 Å². The first kappa shape index (κ1) is 21.5. The van der Waals surface area contributed by atoms with Crippen LogP contribution in [0.5, 0.6) is 0 Å². The van der Waals surface area contributed by atoms with Crippen LogP contribution in [0.3, 0.4) is 0 Å². The molecule has 172 valence electrons. The first-order chi connectivity index (χ1) is 16.1. The Morgan fingerprint density at radius 2 is 1.85 bits per heavy atom. The van der Waals surface area contributed by atoms with Crippen LogP contribution in [0.4, 0.5) is 0 Å². The van der Waals surface area contributed by atoms with E-state index >= 15 is 0 Å². The number of fused-ring (bicyclic) bond motifs is 2. The highest BCUT2D eigenvalue weighted by molar-refractivity contribution is 5.71. The van der Waals surface area contributed by atoms with Crippen LogP contribution in [-0.4, -0.2) is 35.1 Å². The molecule has 0 spiro atoms. The lowest BCUT2D eigenvalue weighted by Gasteiger charge is -2.34. The van der Waals surface area contributed by atoms with Crippen molar-refractivity contribution < 1.29 is 0 Å². The molecule has 0 unspecified atom stereocenters. The molecule has 0 bridgehead atoms. The van der Waals surface area contributed by atoms with Crippen LogP contribution < -0.4 is 11.2 Å². The van der Waals surface area contributed by atoms with Gasteiger partial charge in [-0.3, -0.25) is 19.2 Å². The van der Waals surface area contributed by atoms with Crippen molar-refractivity contribution in [3.63, 3.8) is 0 Å². The molecule has 0 saturated carbocycles. The Bertz CT molecular complexity index is 1380. The largest absolute Gasteiger partial charge is 0.349 e. The summed E-state index contributed by atoms with van der Waals surface area (Å²) in [5.74, 6) is 0.836. The molecule has 0 fully saturated rings. The number of unbranched alkanes of at least 4 members (excludes halogenated alkanes) is 1. The van der Waals surface area contributed by atoms with E-state index in [1.54, 1.807) is 4.57 Å². The molecule has 8 nitrogen and oxygen atoms in total. The van der Waals surface area contributed by atoms with Crippen LogP contribution in [0.25, 0.3) is 11.2 Å². The minimum absolute atomic E-state index is 0.248. The molecule has 0 radical (unpaired) electrons. The number of imidazole rings is 1. The van der Waals surface area contributed by atoms with Crippen LogP contribution in [0.2, 0.25) is 0 Å². The highest BCUT2D eigenvalue weighted by Crippen LogP contribution is 2.27. The topological polar surface area (TPSA) is 80.8 Å². The Hall–Kier alpha value is -3.39. The average molecular weight is 447 g/mol. The Balaban J connectivity index is 1.59. The summed E-state index contributed by atoms with van der Waals surface area (Å²) in [7, 11) is 0. The highest BCUT2D eigenvalue weighted by atomic mass is 16.2. The van der Waals surface area contributed by atoms with Gasteiger partial charge in [-0.25, -0.2) is 9.78 Å². The van der Waals surface area contributed by atoms with Gasteiger partial charge in [0.2, 0.25) is 0 Å². The van der Waals surface area contributed by atoms with E-state index in [1.807, 2.05) is 34.9 Å². The summed E-state index contributed by atoms with van der Waals surface area (Å²) in [4.78, 5) is 35.6. The molecule has 8 heteroatoms. The maximum atomic E-state index is 12.9. The van der Waals surface area contributed by atoms with Gasteiger partial charge in [0, 0.05) is 37.6 Å². The van der Waals surface area contributed by atoms with Crippen molar-refractivity contribution in [2.45, 2.75) is 58.9 Å². The fraction of sp³-hybridized carbons (Fsp3) is 0.400.